The Kier molecular flexibility index (Phi) is 7.07. The molecule has 12 heteroatoms. The lowest BCUT2D eigenvalue weighted by Crippen LogP contribution is -2.49. The molecular weight excluding hydrogens is 566 g/mol. The molecule has 0 atom stereocenters. The first-order chi connectivity index (χ1) is 20.7. The molecule has 3 aliphatic heterocycles. The van der Waals surface area contributed by atoms with Crippen molar-refractivity contribution in [1.29, 1.82) is 0 Å². The molecule has 1 saturated carbocycles. The van der Waals surface area contributed by atoms with Crippen LogP contribution < -0.4 is 14.5 Å². The van der Waals surface area contributed by atoms with Gasteiger partial charge in [0.15, 0.2) is 5.82 Å². The molecule has 1 amide bonds. The van der Waals surface area contributed by atoms with Crippen LogP contribution >= 0.6 is 0 Å². The number of hydrogen-bond donors (Lipinski definition) is 1. The van der Waals surface area contributed by atoms with Gasteiger partial charge in [-0.2, -0.15) is 12.7 Å². The number of anilines is 3. The Hall–Kier alpha value is -3.32. The third-order valence-electron chi connectivity index (χ3n) is 9.85. The third kappa shape index (κ3) is 4.75. The molecule has 4 aliphatic rings. The van der Waals surface area contributed by atoms with E-state index < -0.39 is 15.6 Å². The van der Waals surface area contributed by atoms with Crippen LogP contribution in [0.1, 0.15) is 37.7 Å². The minimum Gasteiger partial charge on any atom is -0.379 e. The lowest BCUT2D eigenvalue weighted by atomic mass is 9.64. The average molecular weight is 606 g/mol. The minimum atomic E-state index is -3.76. The lowest BCUT2D eigenvalue weighted by Gasteiger charge is -2.40. The first-order valence-corrected chi connectivity index (χ1v) is 16.6. The predicted octanol–water partition coefficient (Wildman–Crippen LogP) is 3.21. The summed E-state index contributed by atoms with van der Waals surface area (Å²) in [5, 5.41) is 0.970. The van der Waals surface area contributed by atoms with E-state index in [2.05, 4.69) is 25.6 Å². The predicted molar refractivity (Wildman–Crippen MR) is 168 cm³/mol. The van der Waals surface area contributed by atoms with Gasteiger partial charge < -0.3 is 14.5 Å². The molecule has 43 heavy (non-hydrogen) atoms. The second-order valence-corrected chi connectivity index (χ2v) is 14.3. The van der Waals surface area contributed by atoms with Crippen molar-refractivity contribution in [2.75, 3.05) is 75.1 Å². The van der Waals surface area contributed by atoms with E-state index >= 15 is 0 Å². The third-order valence-corrected chi connectivity index (χ3v) is 11.3. The number of ether oxygens (including phenoxy) is 1. The van der Waals surface area contributed by atoms with E-state index in [9.17, 15) is 13.2 Å². The topological polar surface area (TPSA) is 111 Å². The number of fused-ring (bicyclic) bond motifs is 4. The Morgan fingerprint density at radius 3 is 2.42 bits per heavy atom. The highest BCUT2D eigenvalue weighted by atomic mass is 32.2. The number of likely N-dealkylation sites (N-methyl/N-ethyl adjacent to an activating group) is 1. The molecule has 3 aromatic rings. The SMILES string of the molecule is CN1C(=O)C2(CCC2)c2c1cnc1ccc(-c3cnc(N4CCC(N5CCOCC5)CC4)c(NS(=O)(=O)N(C)C)c3)cc21. The molecule has 228 valence electrons. The average Bonchev–Trinajstić information content (AvgIpc) is 3.24. The summed E-state index contributed by atoms with van der Waals surface area (Å²) in [6.45, 7) is 5.07. The zero-order valence-electron chi connectivity index (χ0n) is 25.0. The van der Waals surface area contributed by atoms with Gasteiger partial charge in [0.1, 0.15) is 0 Å². The monoisotopic (exact) mass is 605 g/mol. The number of morpholine rings is 1. The van der Waals surface area contributed by atoms with Crippen molar-refractivity contribution in [2.24, 2.45) is 0 Å². The highest BCUT2D eigenvalue weighted by molar-refractivity contribution is 7.90. The number of benzene rings is 1. The molecule has 7 rings (SSSR count). The Labute approximate surface area is 253 Å². The lowest BCUT2D eigenvalue weighted by molar-refractivity contribution is -0.125. The second-order valence-electron chi connectivity index (χ2n) is 12.4. The van der Waals surface area contributed by atoms with E-state index in [1.807, 2.05) is 37.6 Å². The van der Waals surface area contributed by atoms with Crippen molar-refractivity contribution in [3.8, 4) is 11.1 Å². The number of nitrogens with one attached hydrogen (secondary N) is 1. The second kappa shape index (κ2) is 10.7. The van der Waals surface area contributed by atoms with Crippen LogP contribution in [-0.2, 0) is 25.2 Å². The molecule has 1 N–H and O–H groups in total. The first kappa shape index (κ1) is 28.5. The Balaban J connectivity index is 1.25. The van der Waals surface area contributed by atoms with Crippen molar-refractivity contribution in [1.82, 2.24) is 19.2 Å². The molecule has 1 spiro atoms. The Bertz CT molecular complexity index is 1680. The summed E-state index contributed by atoms with van der Waals surface area (Å²) < 4.78 is 35.5. The number of rotatable bonds is 6. The summed E-state index contributed by atoms with van der Waals surface area (Å²) in [6.07, 6.45) is 8.35. The van der Waals surface area contributed by atoms with E-state index in [1.165, 1.54) is 18.4 Å². The van der Waals surface area contributed by atoms with Gasteiger partial charge in [-0.25, -0.2) is 4.98 Å². The van der Waals surface area contributed by atoms with Crippen LogP contribution in [0.5, 0.6) is 0 Å². The number of carbonyl (C=O) groups excluding carboxylic acids is 1. The van der Waals surface area contributed by atoms with E-state index in [4.69, 9.17) is 9.72 Å². The summed E-state index contributed by atoms with van der Waals surface area (Å²) in [5.41, 5.74) is 4.47. The van der Waals surface area contributed by atoms with Gasteiger partial charge in [0.05, 0.1) is 41.7 Å². The van der Waals surface area contributed by atoms with Crippen LogP contribution in [0.3, 0.4) is 0 Å². The van der Waals surface area contributed by atoms with Gasteiger partial charge in [0.2, 0.25) is 5.91 Å². The molecule has 2 saturated heterocycles. The summed E-state index contributed by atoms with van der Waals surface area (Å²) in [5.74, 6) is 0.788. The highest BCUT2D eigenvalue weighted by Gasteiger charge is 2.54. The largest absolute Gasteiger partial charge is 0.379 e. The molecule has 11 nitrogen and oxygen atoms in total. The number of carbonyl (C=O) groups is 1. The maximum Gasteiger partial charge on any atom is 0.301 e. The van der Waals surface area contributed by atoms with Crippen molar-refractivity contribution < 1.29 is 17.9 Å². The van der Waals surface area contributed by atoms with E-state index in [0.717, 1.165) is 105 Å². The number of amides is 1. The molecule has 0 radical (unpaired) electrons. The van der Waals surface area contributed by atoms with E-state index in [0.29, 0.717) is 17.5 Å². The van der Waals surface area contributed by atoms with Crippen molar-refractivity contribution in [2.45, 2.75) is 43.6 Å². The first-order valence-electron chi connectivity index (χ1n) is 15.2. The minimum absolute atomic E-state index is 0.150. The Morgan fingerprint density at radius 1 is 1.00 bits per heavy atom. The maximum absolute atomic E-state index is 13.3. The van der Waals surface area contributed by atoms with Gasteiger partial charge in [-0.15, -0.1) is 0 Å². The highest BCUT2D eigenvalue weighted by Crippen LogP contribution is 2.55. The molecule has 1 aliphatic carbocycles. The van der Waals surface area contributed by atoms with Crippen LogP contribution in [-0.4, -0.2) is 100 Å². The van der Waals surface area contributed by atoms with Gasteiger partial charge in [-0.1, -0.05) is 12.5 Å². The van der Waals surface area contributed by atoms with Gasteiger partial charge >= 0.3 is 10.2 Å². The van der Waals surface area contributed by atoms with E-state index in [-0.39, 0.29) is 5.91 Å². The fraction of sp³-hybridized carbons (Fsp3) is 0.516. The molecule has 2 aromatic heterocycles. The molecule has 0 unspecified atom stereocenters. The maximum atomic E-state index is 13.3. The summed E-state index contributed by atoms with van der Waals surface area (Å²) in [7, 11) is 1.10. The number of pyridine rings is 2. The van der Waals surface area contributed by atoms with Gasteiger partial charge in [-0.05, 0) is 49.4 Å². The van der Waals surface area contributed by atoms with Crippen LogP contribution in [0.4, 0.5) is 17.2 Å². The van der Waals surface area contributed by atoms with Gasteiger partial charge in [-0.3, -0.25) is 19.4 Å². The normalized spacial score (nSPS) is 21.1. The standard InChI is InChI=1S/C31H39N7O4S/c1-35(2)43(40,41)34-26-18-22(19-33-29(26)38-11-7-23(8-12-38)37-13-15-42-16-14-37)21-5-6-25-24(17-21)28-27(20-32-25)36(3)30(39)31(28)9-4-10-31/h5-6,17-20,23,34H,4,7-16H2,1-3H3. The van der Waals surface area contributed by atoms with Crippen LogP contribution in [0, 0.1) is 0 Å². The van der Waals surface area contributed by atoms with Gasteiger partial charge in [0, 0.05) is 76.1 Å². The van der Waals surface area contributed by atoms with Crippen LogP contribution in [0.2, 0.25) is 0 Å². The fourth-order valence-corrected chi connectivity index (χ4v) is 7.82. The smallest absolute Gasteiger partial charge is 0.301 e. The fourth-order valence-electron chi connectivity index (χ4n) is 7.21. The number of nitrogens with zero attached hydrogens (tertiary/aromatic N) is 6. The number of aromatic nitrogens is 2. The van der Waals surface area contributed by atoms with Crippen LogP contribution in [0.15, 0.2) is 36.7 Å². The quantitative estimate of drug-likeness (QED) is 0.456. The van der Waals surface area contributed by atoms with Crippen molar-refractivity contribution >= 4 is 44.2 Å². The summed E-state index contributed by atoms with van der Waals surface area (Å²) >= 11 is 0. The van der Waals surface area contributed by atoms with Crippen molar-refractivity contribution in [3.63, 3.8) is 0 Å². The number of hydrogen-bond acceptors (Lipinski definition) is 8. The Morgan fingerprint density at radius 2 is 1.74 bits per heavy atom. The van der Waals surface area contributed by atoms with E-state index in [1.54, 1.807) is 4.90 Å². The molecule has 0 bridgehead atoms. The van der Waals surface area contributed by atoms with Crippen LogP contribution in [0.25, 0.3) is 22.0 Å². The summed E-state index contributed by atoms with van der Waals surface area (Å²) in [6, 6.07) is 8.44. The number of piperidine rings is 1. The summed E-state index contributed by atoms with van der Waals surface area (Å²) in [4.78, 5) is 29.3. The zero-order valence-corrected chi connectivity index (χ0v) is 25.9. The molecule has 1 aromatic carbocycles. The zero-order chi connectivity index (χ0) is 29.9. The molecular formula is C31H39N7O4S. The molecule has 5 heterocycles. The van der Waals surface area contributed by atoms with Crippen molar-refractivity contribution in [3.05, 3.63) is 42.2 Å². The molecule has 3 fully saturated rings. The van der Waals surface area contributed by atoms with Gasteiger partial charge in [0.25, 0.3) is 0 Å².